The van der Waals surface area contributed by atoms with Crippen molar-refractivity contribution in [2.45, 2.75) is 96.4 Å². The van der Waals surface area contributed by atoms with Gasteiger partial charge in [0, 0.05) is 12.0 Å². The SMILES string of the molecule is CCCCCC1CC=C(c2ccc(-c3ccc(CCC4OCC(F)(CCC)CO4)c(F)c3F)cc2)CC1. The molecule has 1 unspecified atom stereocenters. The fraction of sp³-hybridized carbons (Fsp3) is 0.562. The number of benzene rings is 2. The molecule has 2 aliphatic rings. The molecular weight excluding hydrogens is 473 g/mol. The molecule has 1 fully saturated rings. The molecule has 1 atom stereocenters. The van der Waals surface area contributed by atoms with E-state index in [1.54, 1.807) is 12.1 Å². The molecule has 2 aromatic rings. The molecule has 0 amide bonds. The molecule has 0 spiro atoms. The standard InChI is InChI=1S/C32H41F3O2/c1-3-5-6-7-23-8-10-24(11-9-23)25-12-14-26(15-13-25)28-18-16-27(30(33)31(28)34)17-19-29-36-21-32(35,20-4-2)22-37-29/h10,12-16,18,23,29H,3-9,11,17,19-22H2,1-2H3. The summed E-state index contributed by atoms with van der Waals surface area (Å²) >= 11 is 0. The maximum Gasteiger partial charge on any atom is 0.166 e. The molecule has 202 valence electrons. The number of ether oxygens (including phenoxy) is 2. The van der Waals surface area contributed by atoms with Crippen LogP contribution in [0.3, 0.4) is 0 Å². The zero-order valence-corrected chi connectivity index (χ0v) is 22.3. The number of hydrogen-bond donors (Lipinski definition) is 0. The molecule has 37 heavy (non-hydrogen) atoms. The van der Waals surface area contributed by atoms with E-state index in [9.17, 15) is 8.78 Å². The number of halogens is 3. The van der Waals surface area contributed by atoms with Gasteiger partial charge in [-0.05, 0) is 60.3 Å². The quantitative estimate of drug-likeness (QED) is 0.278. The van der Waals surface area contributed by atoms with Crippen LogP contribution in [0.15, 0.2) is 42.5 Å². The highest BCUT2D eigenvalue weighted by Gasteiger charge is 2.36. The van der Waals surface area contributed by atoms with Crippen LogP contribution in [-0.4, -0.2) is 25.2 Å². The van der Waals surface area contributed by atoms with Crippen LogP contribution in [0.25, 0.3) is 16.7 Å². The van der Waals surface area contributed by atoms with Crippen molar-refractivity contribution in [2.24, 2.45) is 5.92 Å². The lowest BCUT2D eigenvalue weighted by atomic mass is 9.83. The van der Waals surface area contributed by atoms with Crippen LogP contribution >= 0.6 is 0 Å². The summed E-state index contributed by atoms with van der Waals surface area (Å²) in [6, 6.07) is 11.1. The third-order valence-electron chi connectivity index (χ3n) is 7.87. The van der Waals surface area contributed by atoms with Crippen LogP contribution in [0.5, 0.6) is 0 Å². The zero-order valence-electron chi connectivity index (χ0n) is 22.3. The van der Waals surface area contributed by atoms with Gasteiger partial charge in [0.15, 0.2) is 23.6 Å². The summed E-state index contributed by atoms with van der Waals surface area (Å²) in [5.74, 6) is -0.889. The Hall–Kier alpha value is -2.11. The van der Waals surface area contributed by atoms with E-state index in [-0.39, 0.29) is 30.8 Å². The molecule has 5 heteroatoms. The van der Waals surface area contributed by atoms with Gasteiger partial charge in [-0.3, -0.25) is 0 Å². The van der Waals surface area contributed by atoms with Crippen molar-refractivity contribution in [1.29, 1.82) is 0 Å². The summed E-state index contributed by atoms with van der Waals surface area (Å²) in [5, 5.41) is 0. The minimum Gasteiger partial charge on any atom is -0.349 e. The first kappa shape index (κ1) is 27.9. The number of allylic oxidation sites excluding steroid dienone is 2. The second-order valence-electron chi connectivity index (χ2n) is 10.8. The minimum atomic E-state index is -1.45. The summed E-state index contributed by atoms with van der Waals surface area (Å²) in [4.78, 5) is 0. The summed E-state index contributed by atoms with van der Waals surface area (Å²) in [6.45, 7) is 4.12. The lowest BCUT2D eigenvalue weighted by Crippen LogP contribution is -2.44. The summed E-state index contributed by atoms with van der Waals surface area (Å²) in [5.41, 5.74) is 2.26. The van der Waals surface area contributed by atoms with E-state index in [1.165, 1.54) is 37.7 Å². The van der Waals surface area contributed by atoms with Crippen LogP contribution in [0.1, 0.15) is 89.2 Å². The van der Waals surface area contributed by atoms with Crippen LogP contribution in [-0.2, 0) is 15.9 Å². The predicted molar refractivity (Wildman–Crippen MR) is 144 cm³/mol. The van der Waals surface area contributed by atoms with Gasteiger partial charge in [0.25, 0.3) is 0 Å². The van der Waals surface area contributed by atoms with E-state index in [2.05, 4.69) is 13.0 Å². The Morgan fingerprint density at radius 1 is 0.865 bits per heavy atom. The number of aryl methyl sites for hydroxylation is 1. The molecular formula is C32H41F3O2. The van der Waals surface area contributed by atoms with E-state index in [0.29, 0.717) is 24.8 Å². The average molecular weight is 515 g/mol. The van der Waals surface area contributed by atoms with Crippen LogP contribution < -0.4 is 0 Å². The molecule has 1 aliphatic carbocycles. The lowest BCUT2D eigenvalue weighted by molar-refractivity contribution is -0.236. The van der Waals surface area contributed by atoms with Crippen LogP contribution in [0, 0.1) is 17.6 Å². The topological polar surface area (TPSA) is 18.5 Å². The van der Waals surface area contributed by atoms with E-state index in [0.717, 1.165) is 24.3 Å². The summed E-state index contributed by atoms with van der Waals surface area (Å²) < 4.78 is 55.4. The predicted octanol–water partition coefficient (Wildman–Crippen LogP) is 9.21. The second-order valence-corrected chi connectivity index (χ2v) is 10.8. The summed E-state index contributed by atoms with van der Waals surface area (Å²) in [6.07, 6.45) is 12.1. The first-order chi connectivity index (χ1) is 17.9. The van der Waals surface area contributed by atoms with Gasteiger partial charge < -0.3 is 9.47 Å². The molecule has 4 rings (SSSR count). The zero-order chi connectivity index (χ0) is 26.3. The van der Waals surface area contributed by atoms with Crippen LogP contribution in [0.2, 0.25) is 0 Å². The highest BCUT2D eigenvalue weighted by molar-refractivity contribution is 5.71. The highest BCUT2D eigenvalue weighted by Crippen LogP contribution is 2.35. The van der Waals surface area contributed by atoms with Crippen molar-refractivity contribution in [1.82, 2.24) is 0 Å². The molecule has 0 radical (unpaired) electrons. The van der Waals surface area contributed by atoms with E-state index in [1.807, 2.05) is 31.2 Å². The van der Waals surface area contributed by atoms with E-state index >= 15 is 4.39 Å². The highest BCUT2D eigenvalue weighted by atomic mass is 19.2. The largest absolute Gasteiger partial charge is 0.349 e. The lowest BCUT2D eigenvalue weighted by Gasteiger charge is -2.34. The van der Waals surface area contributed by atoms with E-state index in [4.69, 9.17) is 9.47 Å². The van der Waals surface area contributed by atoms with Gasteiger partial charge in [-0.1, -0.05) is 88.4 Å². The fourth-order valence-corrected chi connectivity index (χ4v) is 5.57. The molecule has 2 aromatic carbocycles. The number of rotatable bonds is 11. The van der Waals surface area contributed by atoms with Gasteiger partial charge in [0.1, 0.15) is 0 Å². The van der Waals surface area contributed by atoms with Gasteiger partial charge in [-0.15, -0.1) is 0 Å². The van der Waals surface area contributed by atoms with Crippen molar-refractivity contribution >= 4 is 5.57 Å². The van der Waals surface area contributed by atoms with Crippen molar-refractivity contribution in [3.05, 3.63) is 65.2 Å². The van der Waals surface area contributed by atoms with Gasteiger partial charge in [0.05, 0.1) is 13.2 Å². The maximum atomic E-state index is 15.0. The molecule has 2 nitrogen and oxygen atoms in total. The fourth-order valence-electron chi connectivity index (χ4n) is 5.57. The Labute approximate surface area is 220 Å². The molecule has 1 heterocycles. The Bertz CT molecular complexity index is 1040. The molecule has 0 saturated carbocycles. The third-order valence-corrected chi connectivity index (χ3v) is 7.87. The van der Waals surface area contributed by atoms with Crippen molar-refractivity contribution < 1.29 is 22.6 Å². The molecule has 0 aromatic heterocycles. The first-order valence-electron chi connectivity index (χ1n) is 14.1. The second kappa shape index (κ2) is 13.1. The molecule has 1 aliphatic heterocycles. The van der Waals surface area contributed by atoms with Gasteiger partial charge >= 0.3 is 0 Å². The van der Waals surface area contributed by atoms with Crippen molar-refractivity contribution in [2.75, 3.05) is 13.2 Å². The molecule has 0 N–H and O–H groups in total. The number of unbranched alkanes of at least 4 members (excludes halogenated alkanes) is 2. The monoisotopic (exact) mass is 514 g/mol. The third kappa shape index (κ3) is 7.26. The Morgan fingerprint density at radius 3 is 2.24 bits per heavy atom. The van der Waals surface area contributed by atoms with Gasteiger partial charge in [-0.25, -0.2) is 13.2 Å². The Kier molecular flexibility index (Phi) is 9.89. The summed E-state index contributed by atoms with van der Waals surface area (Å²) in [7, 11) is 0. The van der Waals surface area contributed by atoms with Crippen molar-refractivity contribution in [3.8, 4) is 11.1 Å². The van der Waals surface area contributed by atoms with Gasteiger partial charge in [0.2, 0.25) is 0 Å². The Balaban J connectivity index is 1.34. The smallest absolute Gasteiger partial charge is 0.166 e. The van der Waals surface area contributed by atoms with E-state index < -0.39 is 23.6 Å². The van der Waals surface area contributed by atoms with Gasteiger partial charge in [-0.2, -0.15) is 0 Å². The normalized spacial score (nSPS) is 24.2. The molecule has 0 bridgehead atoms. The molecule has 1 saturated heterocycles. The Morgan fingerprint density at radius 2 is 1.59 bits per heavy atom. The maximum absolute atomic E-state index is 15.0. The van der Waals surface area contributed by atoms with Crippen molar-refractivity contribution in [3.63, 3.8) is 0 Å². The van der Waals surface area contributed by atoms with Crippen LogP contribution in [0.4, 0.5) is 13.2 Å². The first-order valence-corrected chi connectivity index (χ1v) is 14.1. The number of alkyl halides is 1. The average Bonchev–Trinajstić information content (AvgIpc) is 2.91. The minimum absolute atomic E-state index is 0.0201. The number of hydrogen-bond acceptors (Lipinski definition) is 2.